The van der Waals surface area contributed by atoms with E-state index >= 15 is 0 Å². The molecule has 0 radical (unpaired) electrons. The van der Waals surface area contributed by atoms with Crippen molar-refractivity contribution in [1.29, 1.82) is 0 Å². The van der Waals surface area contributed by atoms with E-state index in [1.165, 1.54) is 0 Å². The Bertz CT molecular complexity index is 1080. The van der Waals surface area contributed by atoms with Crippen LogP contribution in [0.1, 0.15) is 66.7 Å². The molecular formula is C24H28N4O2. The van der Waals surface area contributed by atoms with Gasteiger partial charge in [0.15, 0.2) is 0 Å². The van der Waals surface area contributed by atoms with Crippen molar-refractivity contribution in [2.45, 2.75) is 53.0 Å². The number of fused-ring (bicyclic) bond motifs is 1. The van der Waals surface area contributed by atoms with Crippen LogP contribution in [0.15, 0.2) is 42.5 Å². The van der Waals surface area contributed by atoms with Gasteiger partial charge in [-0.25, -0.2) is 9.97 Å². The topological polar surface area (TPSA) is 84.0 Å². The van der Waals surface area contributed by atoms with Crippen LogP contribution in [0.2, 0.25) is 0 Å². The molecule has 0 spiro atoms. The summed E-state index contributed by atoms with van der Waals surface area (Å²) in [7, 11) is 0. The van der Waals surface area contributed by atoms with E-state index in [4.69, 9.17) is 0 Å². The van der Waals surface area contributed by atoms with E-state index in [1.807, 2.05) is 26.8 Å². The lowest BCUT2D eigenvalue weighted by atomic mass is 10.1. The van der Waals surface area contributed by atoms with Gasteiger partial charge in [0, 0.05) is 22.4 Å². The second-order valence-corrected chi connectivity index (χ2v) is 8.26. The van der Waals surface area contributed by atoms with Crippen LogP contribution >= 0.6 is 0 Å². The molecule has 0 unspecified atom stereocenters. The number of carbonyl (C=O) groups is 2. The SMILES string of the molecule is CCc1nc2ccc(C(=O)Nc3ccc(C(=O)NC(C)(C)C)cc3)cc2nc1CC. The molecule has 0 bridgehead atoms. The van der Waals surface area contributed by atoms with E-state index in [0.717, 1.165) is 29.7 Å². The first-order valence-corrected chi connectivity index (χ1v) is 10.2. The van der Waals surface area contributed by atoms with Gasteiger partial charge in [-0.15, -0.1) is 0 Å². The Kier molecular flexibility index (Phi) is 6.15. The Hall–Kier alpha value is -3.28. The third-order valence-electron chi connectivity index (χ3n) is 4.64. The Morgan fingerprint density at radius 1 is 0.800 bits per heavy atom. The smallest absolute Gasteiger partial charge is 0.255 e. The first kappa shape index (κ1) is 21.4. The molecule has 6 nitrogen and oxygen atoms in total. The van der Waals surface area contributed by atoms with Gasteiger partial charge in [0.2, 0.25) is 0 Å². The third-order valence-corrected chi connectivity index (χ3v) is 4.64. The normalized spacial score (nSPS) is 11.4. The van der Waals surface area contributed by atoms with Crippen molar-refractivity contribution in [3.63, 3.8) is 0 Å². The van der Waals surface area contributed by atoms with Gasteiger partial charge in [-0.2, -0.15) is 0 Å². The summed E-state index contributed by atoms with van der Waals surface area (Å²) in [6, 6.07) is 12.2. The molecule has 0 saturated heterocycles. The second kappa shape index (κ2) is 8.61. The number of rotatable bonds is 5. The number of benzene rings is 2. The fraction of sp³-hybridized carbons (Fsp3) is 0.333. The van der Waals surface area contributed by atoms with Gasteiger partial charge in [-0.3, -0.25) is 9.59 Å². The van der Waals surface area contributed by atoms with E-state index < -0.39 is 0 Å². The average molecular weight is 405 g/mol. The molecule has 0 aliphatic carbocycles. The predicted octanol–water partition coefficient (Wildman–Crippen LogP) is 4.54. The number of hydrogen-bond donors (Lipinski definition) is 2. The molecule has 0 fully saturated rings. The molecule has 3 rings (SSSR count). The van der Waals surface area contributed by atoms with Crippen LogP contribution in [0, 0.1) is 0 Å². The number of anilines is 1. The molecular weight excluding hydrogens is 376 g/mol. The summed E-state index contributed by atoms with van der Waals surface area (Å²) in [5.74, 6) is -0.380. The summed E-state index contributed by atoms with van der Waals surface area (Å²) in [5, 5.41) is 5.79. The first-order valence-electron chi connectivity index (χ1n) is 10.2. The van der Waals surface area contributed by atoms with Crippen LogP contribution in [0.3, 0.4) is 0 Å². The predicted molar refractivity (Wildman–Crippen MR) is 120 cm³/mol. The quantitative estimate of drug-likeness (QED) is 0.654. The van der Waals surface area contributed by atoms with Crippen molar-refractivity contribution >= 4 is 28.5 Å². The molecule has 0 aliphatic heterocycles. The van der Waals surface area contributed by atoms with Crippen molar-refractivity contribution in [3.05, 3.63) is 65.0 Å². The Morgan fingerprint density at radius 2 is 1.37 bits per heavy atom. The van der Waals surface area contributed by atoms with E-state index in [2.05, 4.69) is 34.4 Å². The van der Waals surface area contributed by atoms with Crippen LogP contribution in [0.25, 0.3) is 11.0 Å². The van der Waals surface area contributed by atoms with Gasteiger partial charge in [0.1, 0.15) is 0 Å². The van der Waals surface area contributed by atoms with Crippen LogP contribution in [-0.4, -0.2) is 27.3 Å². The van der Waals surface area contributed by atoms with Crippen LogP contribution in [0.4, 0.5) is 5.69 Å². The molecule has 0 atom stereocenters. The standard InChI is InChI=1S/C24H28N4O2/c1-6-18-19(7-2)27-21-14-16(10-13-20(21)26-18)22(29)25-17-11-8-15(9-12-17)23(30)28-24(3,4)5/h8-14H,6-7H2,1-5H3,(H,25,29)(H,28,30). The molecule has 2 N–H and O–H groups in total. The molecule has 1 aromatic heterocycles. The lowest BCUT2D eigenvalue weighted by Crippen LogP contribution is -2.40. The number of hydrogen-bond acceptors (Lipinski definition) is 4. The number of aromatic nitrogens is 2. The maximum Gasteiger partial charge on any atom is 0.255 e. The molecule has 0 aliphatic rings. The number of amides is 2. The second-order valence-electron chi connectivity index (χ2n) is 8.26. The number of carbonyl (C=O) groups excluding carboxylic acids is 2. The fourth-order valence-corrected chi connectivity index (χ4v) is 3.16. The van der Waals surface area contributed by atoms with Crippen molar-refractivity contribution in [2.75, 3.05) is 5.32 Å². The summed E-state index contributed by atoms with van der Waals surface area (Å²) >= 11 is 0. The maximum absolute atomic E-state index is 12.7. The van der Waals surface area contributed by atoms with Gasteiger partial charge in [0.05, 0.1) is 22.4 Å². The van der Waals surface area contributed by atoms with Crippen LogP contribution < -0.4 is 10.6 Å². The van der Waals surface area contributed by atoms with E-state index in [9.17, 15) is 9.59 Å². The van der Waals surface area contributed by atoms with E-state index in [-0.39, 0.29) is 17.4 Å². The zero-order valence-electron chi connectivity index (χ0n) is 18.2. The largest absolute Gasteiger partial charge is 0.347 e. The summed E-state index contributed by atoms with van der Waals surface area (Å²) in [5.41, 5.74) is 4.83. The Balaban J connectivity index is 1.77. The molecule has 3 aromatic rings. The average Bonchev–Trinajstić information content (AvgIpc) is 2.71. The van der Waals surface area contributed by atoms with Crippen molar-refractivity contribution in [2.24, 2.45) is 0 Å². The highest BCUT2D eigenvalue weighted by molar-refractivity contribution is 6.06. The molecule has 156 valence electrons. The lowest BCUT2D eigenvalue weighted by molar-refractivity contribution is 0.0919. The molecule has 2 amide bonds. The summed E-state index contributed by atoms with van der Waals surface area (Å²) < 4.78 is 0. The van der Waals surface area contributed by atoms with E-state index in [0.29, 0.717) is 22.3 Å². The van der Waals surface area contributed by atoms with Crippen LogP contribution in [0.5, 0.6) is 0 Å². The Labute approximate surface area is 177 Å². The highest BCUT2D eigenvalue weighted by Crippen LogP contribution is 2.18. The summed E-state index contributed by atoms with van der Waals surface area (Å²) in [4.78, 5) is 34.3. The number of nitrogens with one attached hydrogen (secondary N) is 2. The minimum atomic E-state index is -0.307. The number of nitrogens with zero attached hydrogens (tertiary/aromatic N) is 2. The summed E-state index contributed by atoms with van der Waals surface area (Å²) in [6.45, 7) is 9.91. The summed E-state index contributed by atoms with van der Waals surface area (Å²) in [6.07, 6.45) is 1.63. The zero-order chi connectivity index (χ0) is 21.9. The van der Waals surface area contributed by atoms with Gasteiger partial charge >= 0.3 is 0 Å². The zero-order valence-corrected chi connectivity index (χ0v) is 18.2. The van der Waals surface area contributed by atoms with Crippen molar-refractivity contribution < 1.29 is 9.59 Å². The van der Waals surface area contributed by atoms with Gasteiger partial charge in [0.25, 0.3) is 11.8 Å². The van der Waals surface area contributed by atoms with Gasteiger partial charge in [-0.05, 0) is 76.1 Å². The first-order chi connectivity index (χ1) is 14.2. The van der Waals surface area contributed by atoms with E-state index in [1.54, 1.807) is 36.4 Å². The molecule has 6 heteroatoms. The van der Waals surface area contributed by atoms with Crippen molar-refractivity contribution in [3.8, 4) is 0 Å². The van der Waals surface area contributed by atoms with Gasteiger partial charge in [-0.1, -0.05) is 13.8 Å². The van der Waals surface area contributed by atoms with Crippen molar-refractivity contribution in [1.82, 2.24) is 15.3 Å². The minimum Gasteiger partial charge on any atom is -0.347 e. The highest BCUT2D eigenvalue weighted by atomic mass is 16.2. The molecule has 2 aromatic carbocycles. The molecule has 30 heavy (non-hydrogen) atoms. The lowest BCUT2D eigenvalue weighted by Gasteiger charge is -2.20. The number of aryl methyl sites for hydroxylation is 2. The minimum absolute atomic E-state index is 0.147. The molecule has 1 heterocycles. The van der Waals surface area contributed by atoms with Gasteiger partial charge < -0.3 is 10.6 Å². The molecule has 0 saturated carbocycles. The fourth-order valence-electron chi connectivity index (χ4n) is 3.16. The van der Waals surface area contributed by atoms with Crippen LogP contribution in [-0.2, 0) is 12.8 Å². The Morgan fingerprint density at radius 3 is 1.93 bits per heavy atom. The monoisotopic (exact) mass is 404 g/mol. The highest BCUT2D eigenvalue weighted by Gasteiger charge is 2.15. The third kappa shape index (κ3) is 5.00. The maximum atomic E-state index is 12.7.